The molecule has 0 aliphatic rings. The minimum absolute atomic E-state index is 0.0605. The number of amidine groups is 1. The van der Waals surface area contributed by atoms with Gasteiger partial charge in [-0.2, -0.15) is 10.2 Å². The van der Waals surface area contributed by atoms with E-state index in [4.69, 9.17) is 11.6 Å². The molecule has 0 unspecified atom stereocenters. The molecule has 11 heteroatoms. The number of amides is 1. The quantitative estimate of drug-likeness (QED) is 0.184. The molecule has 0 radical (unpaired) electrons. The van der Waals surface area contributed by atoms with Crippen LogP contribution in [0, 0.1) is 17.5 Å². The van der Waals surface area contributed by atoms with Crippen LogP contribution in [0.4, 0.5) is 30.4 Å². The lowest BCUT2D eigenvalue weighted by Gasteiger charge is -2.22. The van der Waals surface area contributed by atoms with Crippen molar-refractivity contribution in [3.05, 3.63) is 71.7 Å². The van der Waals surface area contributed by atoms with Gasteiger partial charge in [-0.15, -0.1) is 0 Å². The van der Waals surface area contributed by atoms with E-state index in [-0.39, 0.29) is 23.1 Å². The second-order valence-electron chi connectivity index (χ2n) is 6.52. The van der Waals surface area contributed by atoms with E-state index in [2.05, 4.69) is 27.2 Å². The number of anilines is 3. The van der Waals surface area contributed by atoms with E-state index < -0.39 is 23.1 Å². The van der Waals surface area contributed by atoms with Crippen LogP contribution in [0.25, 0.3) is 11.1 Å². The normalized spacial score (nSPS) is 11.2. The number of aromatic nitrogens is 1. The number of benzene rings is 2. The molecule has 0 aliphatic heterocycles. The van der Waals surface area contributed by atoms with Gasteiger partial charge in [-0.3, -0.25) is 4.79 Å². The minimum Gasteiger partial charge on any atom is -0.383 e. The summed E-state index contributed by atoms with van der Waals surface area (Å²) in [6.07, 6.45) is 1.45. The molecule has 5 N–H and O–H groups in total. The Hall–Kier alpha value is -4.41. The summed E-state index contributed by atoms with van der Waals surface area (Å²) in [7, 11) is 0. The summed E-state index contributed by atoms with van der Waals surface area (Å²) in [5, 5.41) is 10.4. The maximum absolute atomic E-state index is 14.4. The van der Waals surface area contributed by atoms with Crippen LogP contribution in [0.5, 0.6) is 0 Å². The highest BCUT2D eigenvalue weighted by molar-refractivity contribution is 6.12. The maximum atomic E-state index is 14.4. The molecule has 164 valence electrons. The Morgan fingerprint density at radius 2 is 1.84 bits per heavy atom. The Morgan fingerprint density at radius 3 is 2.50 bits per heavy atom. The zero-order valence-corrected chi connectivity index (χ0v) is 16.8. The lowest BCUT2D eigenvalue weighted by Crippen LogP contribution is -2.30. The third-order valence-electron chi connectivity index (χ3n) is 4.37. The molecular weight excluding hydrogens is 423 g/mol. The molecule has 3 aromatic rings. The predicted molar refractivity (Wildman–Crippen MR) is 117 cm³/mol. The van der Waals surface area contributed by atoms with Crippen LogP contribution >= 0.6 is 0 Å². The first kappa shape index (κ1) is 22.3. The highest BCUT2D eigenvalue weighted by Crippen LogP contribution is 2.30. The van der Waals surface area contributed by atoms with Gasteiger partial charge < -0.3 is 16.9 Å². The molecule has 0 bridgehead atoms. The summed E-state index contributed by atoms with van der Waals surface area (Å²) in [5.74, 6) is 0.891. The van der Waals surface area contributed by atoms with Crippen LogP contribution in [0.15, 0.2) is 58.9 Å². The predicted octanol–water partition coefficient (Wildman–Crippen LogP) is 3.45. The van der Waals surface area contributed by atoms with Gasteiger partial charge in [-0.05, 0) is 35.9 Å². The molecule has 3 rings (SSSR count). The number of nitrogen functional groups attached to an aromatic ring is 1. The number of halogens is 3. The molecule has 1 amide bonds. The average Bonchev–Trinajstić information content (AvgIpc) is 2.76. The fraction of sp³-hybridized carbons (Fsp3) is 0.0476. The van der Waals surface area contributed by atoms with Crippen molar-refractivity contribution in [2.24, 2.45) is 16.0 Å². The number of nitrogens with one attached hydrogen (secondary N) is 1. The van der Waals surface area contributed by atoms with E-state index in [1.54, 1.807) is 24.3 Å². The Bertz CT molecular complexity index is 1230. The van der Waals surface area contributed by atoms with Crippen LogP contribution in [-0.4, -0.2) is 23.4 Å². The van der Waals surface area contributed by atoms with Crippen molar-refractivity contribution >= 4 is 35.7 Å². The molecule has 0 atom stereocenters. The van der Waals surface area contributed by atoms with Crippen molar-refractivity contribution in [1.82, 2.24) is 4.98 Å². The Kier molecular flexibility index (Phi) is 6.38. The molecule has 2 aromatic carbocycles. The molecule has 8 nitrogen and oxygen atoms in total. The van der Waals surface area contributed by atoms with Crippen molar-refractivity contribution in [3.8, 4) is 11.1 Å². The molecule has 0 aliphatic carbocycles. The number of nitrogens with zero attached hydrogens (tertiary/aromatic N) is 4. The number of hydrazone groups is 2. The van der Waals surface area contributed by atoms with Crippen LogP contribution in [0.2, 0.25) is 0 Å². The lowest BCUT2D eigenvalue weighted by molar-refractivity contribution is -0.114. The van der Waals surface area contributed by atoms with Crippen molar-refractivity contribution < 1.29 is 18.0 Å². The van der Waals surface area contributed by atoms with E-state index in [0.29, 0.717) is 27.9 Å². The van der Waals surface area contributed by atoms with Crippen LogP contribution in [-0.2, 0) is 4.79 Å². The first-order valence-corrected chi connectivity index (χ1v) is 9.08. The first-order valence-electron chi connectivity index (χ1n) is 9.08. The van der Waals surface area contributed by atoms with Crippen LogP contribution in [0.3, 0.4) is 0 Å². The van der Waals surface area contributed by atoms with E-state index in [9.17, 15) is 18.0 Å². The maximum Gasteiger partial charge on any atom is 0.221 e. The number of hydrogen-bond acceptors (Lipinski definition) is 6. The third-order valence-corrected chi connectivity index (χ3v) is 4.37. The highest BCUT2D eigenvalue weighted by Gasteiger charge is 2.26. The SMILES string of the molecule is C=NN(/C(=N\N)c1cc(-c2cccc(NC(C)=O)c2)cnc1N)c1c(F)ccc(F)c1F. The third kappa shape index (κ3) is 4.36. The highest BCUT2D eigenvalue weighted by atomic mass is 19.2. The van der Waals surface area contributed by atoms with Gasteiger partial charge in [0.25, 0.3) is 0 Å². The van der Waals surface area contributed by atoms with Gasteiger partial charge in [0, 0.05) is 31.1 Å². The summed E-state index contributed by atoms with van der Waals surface area (Å²) in [6.45, 7) is 4.65. The molecule has 0 fully saturated rings. The van der Waals surface area contributed by atoms with Gasteiger partial charge in [-0.1, -0.05) is 12.1 Å². The smallest absolute Gasteiger partial charge is 0.221 e. The molecule has 0 saturated carbocycles. The van der Waals surface area contributed by atoms with Crippen molar-refractivity contribution in [2.75, 3.05) is 16.1 Å². The molecule has 32 heavy (non-hydrogen) atoms. The topological polar surface area (TPSA) is 122 Å². The second-order valence-corrected chi connectivity index (χ2v) is 6.52. The van der Waals surface area contributed by atoms with Crippen molar-refractivity contribution in [3.63, 3.8) is 0 Å². The van der Waals surface area contributed by atoms with Crippen LogP contribution < -0.4 is 21.9 Å². The largest absolute Gasteiger partial charge is 0.383 e. The molecule has 0 spiro atoms. The summed E-state index contributed by atoms with van der Waals surface area (Å²) in [5.41, 5.74) is 6.85. The van der Waals surface area contributed by atoms with E-state index in [1.807, 2.05) is 0 Å². The zero-order valence-electron chi connectivity index (χ0n) is 16.8. The monoisotopic (exact) mass is 441 g/mol. The van der Waals surface area contributed by atoms with Gasteiger partial charge in [0.2, 0.25) is 5.91 Å². The van der Waals surface area contributed by atoms with E-state index >= 15 is 0 Å². The molecular formula is C21H18F3N7O. The van der Waals surface area contributed by atoms with Gasteiger partial charge in [0.05, 0.1) is 5.56 Å². The Balaban J connectivity index is 2.12. The molecule has 0 saturated heterocycles. The number of rotatable bonds is 5. The standard InChI is InChI=1S/C21H18F3N7O/c1-11(32)29-14-5-3-4-12(8-14)13-9-15(20(25)28-10-13)21(30-26)31(27-2)19-17(23)7-6-16(22)18(19)24/h3-10H,2,26H2,1H3,(H2,25,28)(H,29,32)/b30-21-. The minimum atomic E-state index is -1.51. The van der Waals surface area contributed by atoms with Crippen LogP contribution in [0.1, 0.15) is 12.5 Å². The molecule has 1 aromatic heterocycles. The van der Waals surface area contributed by atoms with Gasteiger partial charge in [0.15, 0.2) is 23.3 Å². The van der Waals surface area contributed by atoms with Crippen molar-refractivity contribution in [1.29, 1.82) is 0 Å². The number of pyridine rings is 1. The lowest BCUT2D eigenvalue weighted by atomic mass is 10.0. The summed E-state index contributed by atoms with van der Waals surface area (Å²) in [6, 6.07) is 9.71. The van der Waals surface area contributed by atoms with E-state index in [1.165, 1.54) is 19.2 Å². The number of nitrogens with two attached hydrogens (primary N) is 2. The summed E-state index contributed by atoms with van der Waals surface area (Å²) in [4.78, 5) is 15.4. The average molecular weight is 441 g/mol. The van der Waals surface area contributed by atoms with Gasteiger partial charge in [-0.25, -0.2) is 23.2 Å². The zero-order chi connectivity index (χ0) is 23.4. The Labute approximate surface area is 181 Å². The number of carbonyl (C=O) groups is 1. The number of hydrogen-bond donors (Lipinski definition) is 3. The number of carbonyl (C=O) groups excluding carboxylic acids is 1. The second kappa shape index (κ2) is 9.16. The van der Waals surface area contributed by atoms with Crippen molar-refractivity contribution in [2.45, 2.75) is 6.92 Å². The fourth-order valence-electron chi connectivity index (χ4n) is 2.98. The van der Waals surface area contributed by atoms with E-state index in [0.717, 1.165) is 6.07 Å². The summed E-state index contributed by atoms with van der Waals surface area (Å²) < 4.78 is 42.5. The summed E-state index contributed by atoms with van der Waals surface area (Å²) >= 11 is 0. The van der Waals surface area contributed by atoms with Gasteiger partial charge >= 0.3 is 0 Å². The Morgan fingerprint density at radius 1 is 1.12 bits per heavy atom. The fourth-order valence-corrected chi connectivity index (χ4v) is 2.98. The van der Waals surface area contributed by atoms with Gasteiger partial charge in [0.1, 0.15) is 11.5 Å². The molecule has 1 heterocycles. The first-order chi connectivity index (χ1) is 15.3.